The Bertz CT molecular complexity index is 797. The third kappa shape index (κ3) is 4.14. The molecule has 3 aromatic carbocycles. The van der Waals surface area contributed by atoms with E-state index in [0.29, 0.717) is 12.3 Å². The number of nitrogens with one attached hydrogen (secondary N) is 1. The Kier molecular flexibility index (Phi) is 4.77. The normalized spacial score (nSPS) is 10.2. The third-order valence-corrected chi connectivity index (χ3v) is 3.55. The van der Waals surface area contributed by atoms with Crippen molar-refractivity contribution in [3.8, 4) is 22.6 Å². The van der Waals surface area contributed by atoms with E-state index in [4.69, 9.17) is 4.74 Å². The van der Waals surface area contributed by atoms with Crippen molar-refractivity contribution in [2.75, 3.05) is 0 Å². The van der Waals surface area contributed by atoms with Crippen LogP contribution in [0.25, 0.3) is 11.1 Å². The van der Waals surface area contributed by atoms with Gasteiger partial charge in [-0.25, -0.2) is 4.79 Å². The topological polar surface area (TPSA) is 58.6 Å². The zero-order valence-electron chi connectivity index (χ0n) is 13.0. The van der Waals surface area contributed by atoms with Gasteiger partial charge in [0.2, 0.25) is 0 Å². The minimum Gasteiger partial charge on any atom is -0.508 e. The molecule has 0 spiro atoms. The molecule has 0 radical (unpaired) electrons. The van der Waals surface area contributed by atoms with Crippen LogP contribution in [0.4, 0.5) is 4.79 Å². The summed E-state index contributed by atoms with van der Waals surface area (Å²) < 4.78 is 5.26. The molecule has 0 bridgehead atoms. The molecule has 24 heavy (non-hydrogen) atoms. The number of aromatic hydroxyl groups is 1. The minimum atomic E-state index is -0.490. The Morgan fingerprint density at radius 3 is 2.04 bits per heavy atom. The SMILES string of the molecule is O=C(NCc1ccccc1)Oc1ccc(-c2ccc(O)cc2)cc1. The summed E-state index contributed by atoms with van der Waals surface area (Å²) in [6.07, 6.45) is -0.490. The second-order valence-electron chi connectivity index (χ2n) is 5.30. The molecule has 0 aliphatic heterocycles. The van der Waals surface area contributed by atoms with E-state index in [1.54, 1.807) is 24.3 Å². The molecule has 0 atom stereocenters. The molecule has 0 heterocycles. The number of phenols is 1. The summed E-state index contributed by atoms with van der Waals surface area (Å²) in [6.45, 7) is 0.422. The van der Waals surface area contributed by atoms with E-state index >= 15 is 0 Å². The molecule has 3 rings (SSSR count). The molecule has 0 fully saturated rings. The summed E-state index contributed by atoms with van der Waals surface area (Å²) in [4.78, 5) is 11.8. The number of hydrogen-bond acceptors (Lipinski definition) is 3. The molecule has 120 valence electrons. The fourth-order valence-electron chi connectivity index (χ4n) is 2.28. The van der Waals surface area contributed by atoms with Crippen molar-refractivity contribution in [1.29, 1.82) is 0 Å². The predicted octanol–water partition coefficient (Wildman–Crippen LogP) is 4.35. The fraction of sp³-hybridized carbons (Fsp3) is 0.0500. The first kappa shape index (κ1) is 15.6. The van der Waals surface area contributed by atoms with Crippen molar-refractivity contribution in [2.45, 2.75) is 6.54 Å². The van der Waals surface area contributed by atoms with Crippen molar-refractivity contribution in [3.05, 3.63) is 84.4 Å². The molecule has 1 amide bonds. The summed E-state index contributed by atoms with van der Waals surface area (Å²) in [5, 5.41) is 12.0. The second-order valence-corrected chi connectivity index (χ2v) is 5.30. The van der Waals surface area contributed by atoms with E-state index in [1.165, 1.54) is 0 Å². The lowest BCUT2D eigenvalue weighted by atomic mass is 10.1. The Labute approximate surface area is 140 Å². The Hall–Kier alpha value is -3.27. The fourth-order valence-corrected chi connectivity index (χ4v) is 2.28. The molecule has 0 aliphatic rings. The summed E-state index contributed by atoms with van der Waals surface area (Å²) in [6, 6.07) is 23.8. The number of ether oxygens (including phenoxy) is 1. The minimum absolute atomic E-state index is 0.230. The second kappa shape index (κ2) is 7.33. The quantitative estimate of drug-likeness (QED) is 0.751. The zero-order valence-corrected chi connectivity index (χ0v) is 13.0. The molecule has 0 aromatic heterocycles. The van der Waals surface area contributed by atoms with Crippen LogP contribution in [0.2, 0.25) is 0 Å². The highest BCUT2D eigenvalue weighted by molar-refractivity contribution is 5.71. The van der Waals surface area contributed by atoms with Gasteiger partial charge < -0.3 is 15.2 Å². The number of carbonyl (C=O) groups is 1. The number of rotatable bonds is 4. The maximum absolute atomic E-state index is 11.8. The van der Waals surface area contributed by atoms with E-state index in [2.05, 4.69) is 5.32 Å². The van der Waals surface area contributed by atoms with Crippen molar-refractivity contribution < 1.29 is 14.6 Å². The summed E-state index contributed by atoms with van der Waals surface area (Å²) >= 11 is 0. The van der Waals surface area contributed by atoms with Crippen LogP contribution in [-0.2, 0) is 6.54 Å². The van der Waals surface area contributed by atoms with Crippen LogP contribution in [0.1, 0.15) is 5.56 Å². The number of hydrogen-bond donors (Lipinski definition) is 2. The maximum Gasteiger partial charge on any atom is 0.412 e. The van der Waals surface area contributed by atoms with Gasteiger partial charge in [0, 0.05) is 6.54 Å². The van der Waals surface area contributed by atoms with Gasteiger partial charge in [0.1, 0.15) is 11.5 Å². The van der Waals surface area contributed by atoms with E-state index in [0.717, 1.165) is 16.7 Å². The highest BCUT2D eigenvalue weighted by Crippen LogP contribution is 2.24. The molecule has 0 unspecified atom stereocenters. The molecule has 3 aromatic rings. The zero-order chi connectivity index (χ0) is 16.8. The third-order valence-electron chi connectivity index (χ3n) is 3.55. The van der Waals surface area contributed by atoms with Crippen molar-refractivity contribution in [2.24, 2.45) is 0 Å². The number of carbonyl (C=O) groups excluding carboxylic acids is 1. The number of phenolic OH excluding ortho intramolecular Hbond substituents is 1. The maximum atomic E-state index is 11.8. The monoisotopic (exact) mass is 319 g/mol. The van der Waals surface area contributed by atoms with Crippen LogP contribution in [0, 0.1) is 0 Å². The van der Waals surface area contributed by atoms with Crippen LogP contribution in [0.15, 0.2) is 78.9 Å². The first-order valence-electron chi connectivity index (χ1n) is 7.60. The first-order valence-corrected chi connectivity index (χ1v) is 7.60. The summed E-state index contributed by atoms with van der Waals surface area (Å²) in [5.41, 5.74) is 2.97. The highest BCUT2D eigenvalue weighted by atomic mass is 16.6. The van der Waals surface area contributed by atoms with Crippen LogP contribution < -0.4 is 10.1 Å². The molecule has 4 heteroatoms. The van der Waals surface area contributed by atoms with Crippen LogP contribution >= 0.6 is 0 Å². The average molecular weight is 319 g/mol. The van der Waals surface area contributed by atoms with E-state index in [1.807, 2.05) is 54.6 Å². The molecule has 2 N–H and O–H groups in total. The predicted molar refractivity (Wildman–Crippen MR) is 92.8 cm³/mol. The van der Waals surface area contributed by atoms with Crippen LogP contribution in [0.5, 0.6) is 11.5 Å². The molecule has 0 saturated carbocycles. The lowest BCUT2D eigenvalue weighted by Gasteiger charge is -2.08. The van der Waals surface area contributed by atoms with Gasteiger partial charge >= 0.3 is 6.09 Å². The average Bonchev–Trinajstić information content (AvgIpc) is 2.62. The van der Waals surface area contributed by atoms with Gasteiger partial charge in [-0.15, -0.1) is 0 Å². The van der Waals surface area contributed by atoms with Crippen molar-refractivity contribution in [1.82, 2.24) is 5.32 Å². The van der Waals surface area contributed by atoms with E-state index < -0.39 is 6.09 Å². The number of amides is 1. The summed E-state index contributed by atoms with van der Waals surface area (Å²) in [5.74, 6) is 0.705. The van der Waals surface area contributed by atoms with Gasteiger partial charge in [0.15, 0.2) is 0 Å². The molecular formula is C20H17NO3. The van der Waals surface area contributed by atoms with E-state index in [9.17, 15) is 9.90 Å². The standard InChI is InChI=1S/C20H17NO3/c22-18-10-6-16(7-11-18)17-8-12-19(13-9-17)24-20(23)21-14-15-4-2-1-3-5-15/h1-13,22H,14H2,(H,21,23). The number of benzene rings is 3. The highest BCUT2D eigenvalue weighted by Gasteiger charge is 2.05. The van der Waals surface area contributed by atoms with Crippen molar-refractivity contribution in [3.63, 3.8) is 0 Å². The van der Waals surface area contributed by atoms with Gasteiger partial charge in [-0.05, 0) is 41.0 Å². The molecular weight excluding hydrogens is 302 g/mol. The smallest absolute Gasteiger partial charge is 0.412 e. The van der Waals surface area contributed by atoms with Crippen LogP contribution in [-0.4, -0.2) is 11.2 Å². The molecule has 4 nitrogen and oxygen atoms in total. The van der Waals surface area contributed by atoms with Gasteiger partial charge in [0.25, 0.3) is 0 Å². The summed E-state index contributed by atoms with van der Waals surface area (Å²) in [7, 11) is 0. The Morgan fingerprint density at radius 1 is 0.833 bits per heavy atom. The van der Waals surface area contributed by atoms with Gasteiger partial charge in [-0.1, -0.05) is 54.6 Å². The lowest BCUT2D eigenvalue weighted by molar-refractivity contribution is 0.200. The molecule has 0 saturated heterocycles. The van der Waals surface area contributed by atoms with Gasteiger partial charge in [0.05, 0.1) is 0 Å². The Morgan fingerprint density at radius 2 is 1.42 bits per heavy atom. The Balaban J connectivity index is 1.57. The van der Waals surface area contributed by atoms with E-state index in [-0.39, 0.29) is 5.75 Å². The first-order chi connectivity index (χ1) is 11.7. The van der Waals surface area contributed by atoms with Gasteiger partial charge in [-0.2, -0.15) is 0 Å². The van der Waals surface area contributed by atoms with Crippen LogP contribution in [0.3, 0.4) is 0 Å². The van der Waals surface area contributed by atoms with Gasteiger partial charge in [-0.3, -0.25) is 0 Å². The lowest BCUT2D eigenvalue weighted by Crippen LogP contribution is -2.26. The van der Waals surface area contributed by atoms with Crippen molar-refractivity contribution >= 4 is 6.09 Å². The molecule has 0 aliphatic carbocycles. The largest absolute Gasteiger partial charge is 0.508 e.